The number of furan rings is 1. The highest BCUT2D eigenvalue weighted by Crippen LogP contribution is 2.13. The highest BCUT2D eigenvalue weighted by atomic mass is 16.3. The molecule has 1 N–H and O–H groups in total. The van der Waals surface area contributed by atoms with Crippen LogP contribution in [0, 0.1) is 0 Å². The maximum atomic E-state index is 11.8. The van der Waals surface area contributed by atoms with Crippen LogP contribution >= 0.6 is 0 Å². The smallest absolute Gasteiger partial charge is 0.244 e. The molecule has 0 unspecified atom stereocenters. The minimum Gasteiger partial charge on any atom is -0.465 e. The molecule has 0 radical (unpaired) electrons. The summed E-state index contributed by atoms with van der Waals surface area (Å²) in [4.78, 5) is 14.3. The van der Waals surface area contributed by atoms with Crippen LogP contribution < -0.4 is 5.32 Å². The van der Waals surface area contributed by atoms with Crippen LogP contribution in [0.25, 0.3) is 6.08 Å². The number of carbonyl (C=O) groups is 1. The fraction of sp³-hybridized carbons (Fsp3) is 0.350. The Kier molecular flexibility index (Phi) is 5.85. The van der Waals surface area contributed by atoms with E-state index in [1.807, 2.05) is 6.07 Å². The molecule has 1 aliphatic rings. The van der Waals surface area contributed by atoms with Gasteiger partial charge in [-0.2, -0.15) is 0 Å². The third-order valence-corrected chi connectivity index (χ3v) is 4.29. The number of nitrogens with zero attached hydrogens (tertiary/aromatic N) is 1. The number of piperidine rings is 1. The van der Waals surface area contributed by atoms with Gasteiger partial charge in [-0.3, -0.25) is 9.69 Å². The molecule has 1 saturated heterocycles. The molecule has 0 aliphatic carbocycles. The van der Waals surface area contributed by atoms with Gasteiger partial charge in [0.2, 0.25) is 5.91 Å². The summed E-state index contributed by atoms with van der Waals surface area (Å²) in [6, 6.07) is 12.1. The Labute approximate surface area is 143 Å². The third kappa shape index (κ3) is 5.10. The number of amides is 1. The maximum absolute atomic E-state index is 11.8. The first-order valence-electron chi connectivity index (χ1n) is 8.59. The SMILES string of the molecule is O=C(/C=C/c1ccco1)NCc1ccc(CN2CCCCC2)cc1. The molecule has 4 heteroatoms. The highest BCUT2D eigenvalue weighted by Gasteiger charge is 2.10. The first-order valence-corrected chi connectivity index (χ1v) is 8.59. The van der Waals surface area contributed by atoms with Gasteiger partial charge in [0.25, 0.3) is 0 Å². The summed E-state index contributed by atoms with van der Waals surface area (Å²) in [6.07, 6.45) is 8.73. The van der Waals surface area contributed by atoms with E-state index in [9.17, 15) is 4.79 Å². The molecule has 0 saturated carbocycles. The van der Waals surface area contributed by atoms with E-state index in [4.69, 9.17) is 4.42 Å². The van der Waals surface area contributed by atoms with E-state index in [-0.39, 0.29) is 5.91 Å². The molecule has 0 atom stereocenters. The van der Waals surface area contributed by atoms with Crippen molar-refractivity contribution >= 4 is 12.0 Å². The zero-order valence-electron chi connectivity index (χ0n) is 13.9. The van der Waals surface area contributed by atoms with Crippen LogP contribution in [0.5, 0.6) is 0 Å². The van der Waals surface area contributed by atoms with Crippen LogP contribution in [0.3, 0.4) is 0 Å². The van der Waals surface area contributed by atoms with Crippen LogP contribution in [0.1, 0.15) is 36.1 Å². The van der Waals surface area contributed by atoms with Crippen molar-refractivity contribution in [3.05, 3.63) is 65.6 Å². The highest BCUT2D eigenvalue weighted by molar-refractivity contribution is 5.91. The number of benzene rings is 1. The van der Waals surface area contributed by atoms with Crippen molar-refractivity contribution in [3.63, 3.8) is 0 Å². The van der Waals surface area contributed by atoms with Gasteiger partial charge in [0.05, 0.1) is 6.26 Å². The van der Waals surface area contributed by atoms with E-state index in [2.05, 4.69) is 34.5 Å². The van der Waals surface area contributed by atoms with Crippen molar-refractivity contribution in [2.24, 2.45) is 0 Å². The molecule has 1 fully saturated rings. The van der Waals surface area contributed by atoms with Gasteiger partial charge in [-0.25, -0.2) is 0 Å². The van der Waals surface area contributed by atoms with Crippen molar-refractivity contribution < 1.29 is 9.21 Å². The number of hydrogen-bond donors (Lipinski definition) is 1. The van der Waals surface area contributed by atoms with E-state index in [0.717, 1.165) is 12.1 Å². The standard InChI is InChI=1S/C20H24N2O2/c23-20(11-10-19-5-4-14-24-19)21-15-17-6-8-18(9-7-17)16-22-12-2-1-3-13-22/h4-11,14H,1-3,12-13,15-16H2,(H,21,23)/b11-10+. The summed E-state index contributed by atoms with van der Waals surface area (Å²) in [5, 5.41) is 2.88. The summed E-state index contributed by atoms with van der Waals surface area (Å²) in [7, 11) is 0. The first-order chi connectivity index (χ1) is 11.8. The van der Waals surface area contributed by atoms with E-state index in [1.165, 1.54) is 44.0 Å². The lowest BCUT2D eigenvalue weighted by Gasteiger charge is -2.26. The predicted molar refractivity (Wildman–Crippen MR) is 95.2 cm³/mol. The summed E-state index contributed by atoms with van der Waals surface area (Å²) < 4.78 is 5.15. The van der Waals surface area contributed by atoms with Gasteiger partial charge in [-0.15, -0.1) is 0 Å². The topological polar surface area (TPSA) is 45.5 Å². The van der Waals surface area contributed by atoms with Crippen LogP contribution in [0.15, 0.2) is 53.2 Å². The van der Waals surface area contributed by atoms with Gasteiger partial charge in [0.15, 0.2) is 0 Å². The molecule has 0 bridgehead atoms. The molecule has 1 aliphatic heterocycles. The predicted octanol–water partition coefficient (Wildman–Crippen LogP) is 3.60. The van der Waals surface area contributed by atoms with Crippen molar-refractivity contribution in [3.8, 4) is 0 Å². The number of likely N-dealkylation sites (tertiary alicyclic amines) is 1. The molecule has 24 heavy (non-hydrogen) atoms. The van der Waals surface area contributed by atoms with Gasteiger partial charge in [-0.05, 0) is 55.3 Å². The lowest BCUT2D eigenvalue weighted by Crippen LogP contribution is -2.29. The number of carbonyl (C=O) groups excluding carboxylic acids is 1. The fourth-order valence-electron chi connectivity index (χ4n) is 2.93. The Morgan fingerprint density at radius 3 is 2.54 bits per heavy atom. The van der Waals surface area contributed by atoms with Crippen LogP contribution in [0.4, 0.5) is 0 Å². The van der Waals surface area contributed by atoms with Crippen molar-refractivity contribution in [1.82, 2.24) is 10.2 Å². The largest absolute Gasteiger partial charge is 0.465 e. The minimum atomic E-state index is -0.121. The molecule has 126 valence electrons. The average molecular weight is 324 g/mol. The van der Waals surface area contributed by atoms with Gasteiger partial charge in [-0.1, -0.05) is 30.7 Å². The van der Waals surface area contributed by atoms with Crippen LogP contribution in [-0.2, 0) is 17.9 Å². The first kappa shape index (κ1) is 16.5. The van der Waals surface area contributed by atoms with Crippen molar-refractivity contribution in [2.45, 2.75) is 32.4 Å². The van der Waals surface area contributed by atoms with Gasteiger partial charge in [0, 0.05) is 19.2 Å². The van der Waals surface area contributed by atoms with E-state index in [0.29, 0.717) is 12.3 Å². The lowest BCUT2D eigenvalue weighted by atomic mass is 10.1. The molecule has 2 heterocycles. The molecular formula is C20H24N2O2. The van der Waals surface area contributed by atoms with Crippen molar-refractivity contribution in [2.75, 3.05) is 13.1 Å². The van der Waals surface area contributed by atoms with Crippen LogP contribution in [-0.4, -0.2) is 23.9 Å². The minimum absolute atomic E-state index is 0.121. The zero-order valence-corrected chi connectivity index (χ0v) is 13.9. The Balaban J connectivity index is 1.44. The summed E-state index contributed by atoms with van der Waals surface area (Å²) >= 11 is 0. The van der Waals surface area contributed by atoms with Crippen molar-refractivity contribution in [1.29, 1.82) is 0 Å². The summed E-state index contributed by atoms with van der Waals surface area (Å²) in [5.41, 5.74) is 2.45. The lowest BCUT2D eigenvalue weighted by molar-refractivity contribution is -0.116. The van der Waals surface area contributed by atoms with Gasteiger partial charge < -0.3 is 9.73 Å². The molecule has 1 amide bonds. The molecule has 0 spiro atoms. The number of rotatable bonds is 6. The normalized spacial score (nSPS) is 15.7. The van der Waals surface area contributed by atoms with E-state index < -0.39 is 0 Å². The van der Waals surface area contributed by atoms with Crippen LogP contribution in [0.2, 0.25) is 0 Å². The zero-order chi connectivity index (χ0) is 16.6. The average Bonchev–Trinajstić information content (AvgIpc) is 3.14. The second kappa shape index (κ2) is 8.50. The number of hydrogen-bond acceptors (Lipinski definition) is 3. The molecule has 2 aromatic rings. The van der Waals surface area contributed by atoms with E-state index in [1.54, 1.807) is 18.4 Å². The van der Waals surface area contributed by atoms with Gasteiger partial charge in [0.1, 0.15) is 5.76 Å². The quantitative estimate of drug-likeness (QED) is 0.826. The second-order valence-corrected chi connectivity index (χ2v) is 6.22. The third-order valence-electron chi connectivity index (χ3n) is 4.29. The monoisotopic (exact) mass is 324 g/mol. The molecule has 3 rings (SSSR count). The maximum Gasteiger partial charge on any atom is 0.244 e. The molecule has 1 aromatic heterocycles. The Hall–Kier alpha value is -2.33. The summed E-state index contributed by atoms with van der Waals surface area (Å²) in [5.74, 6) is 0.552. The second-order valence-electron chi connectivity index (χ2n) is 6.22. The molecule has 4 nitrogen and oxygen atoms in total. The Bertz CT molecular complexity index is 653. The number of nitrogens with one attached hydrogen (secondary N) is 1. The molecule has 1 aromatic carbocycles. The summed E-state index contributed by atoms with van der Waals surface area (Å²) in [6.45, 7) is 3.98. The molecular weight excluding hydrogens is 300 g/mol. The fourth-order valence-corrected chi connectivity index (χ4v) is 2.93. The van der Waals surface area contributed by atoms with Gasteiger partial charge >= 0.3 is 0 Å². The van der Waals surface area contributed by atoms with E-state index >= 15 is 0 Å². The Morgan fingerprint density at radius 1 is 1.08 bits per heavy atom. The Morgan fingerprint density at radius 2 is 1.83 bits per heavy atom.